The van der Waals surface area contributed by atoms with Crippen LogP contribution in [0.25, 0.3) is 6.08 Å². The number of carbonyl (C=O) groups is 2. The average molecular weight is 388 g/mol. The van der Waals surface area contributed by atoms with Crippen molar-refractivity contribution in [2.75, 3.05) is 0 Å². The van der Waals surface area contributed by atoms with Gasteiger partial charge in [0.05, 0.1) is 28.6 Å². The molecule has 4 nitrogen and oxygen atoms in total. The highest BCUT2D eigenvalue weighted by Crippen LogP contribution is 2.35. The largest absolute Gasteiger partial charge is 0.416 e. The summed E-state index contributed by atoms with van der Waals surface area (Å²) in [5.74, 6) is -0.602. The lowest BCUT2D eigenvalue weighted by Gasteiger charge is -2.13. The molecule has 8 heteroatoms. The van der Waals surface area contributed by atoms with Crippen LogP contribution in [0.15, 0.2) is 53.4 Å². The molecule has 0 spiro atoms. The number of rotatable bonds is 3. The highest BCUT2D eigenvalue weighted by molar-refractivity contribution is 8.18. The Kier molecular flexibility index (Phi) is 5.06. The quantitative estimate of drug-likeness (QED) is 0.708. The Morgan fingerprint density at radius 2 is 1.85 bits per heavy atom. The minimum Gasteiger partial charge on any atom is -0.268 e. The molecule has 0 unspecified atom stereocenters. The van der Waals surface area contributed by atoms with Gasteiger partial charge in [0.15, 0.2) is 0 Å². The lowest BCUT2D eigenvalue weighted by molar-refractivity contribution is -0.137. The van der Waals surface area contributed by atoms with E-state index >= 15 is 0 Å². The van der Waals surface area contributed by atoms with E-state index in [4.69, 9.17) is 5.26 Å². The molecular formula is C19H11F3N2O2S. The second kappa shape index (κ2) is 7.29. The third-order valence-electron chi connectivity index (χ3n) is 3.85. The zero-order valence-corrected chi connectivity index (χ0v) is 14.5. The molecule has 1 fully saturated rings. The molecule has 0 N–H and O–H groups in total. The molecule has 27 heavy (non-hydrogen) atoms. The lowest BCUT2D eigenvalue weighted by Crippen LogP contribution is -2.27. The van der Waals surface area contributed by atoms with Gasteiger partial charge in [-0.25, -0.2) is 0 Å². The molecule has 3 rings (SSSR count). The number of amides is 2. The van der Waals surface area contributed by atoms with Gasteiger partial charge in [0, 0.05) is 0 Å². The number of imide groups is 1. The zero-order chi connectivity index (χ0) is 19.6. The molecule has 1 aliphatic heterocycles. The number of hydrogen-bond acceptors (Lipinski definition) is 4. The molecule has 0 atom stereocenters. The highest BCUT2D eigenvalue weighted by atomic mass is 32.2. The molecule has 136 valence electrons. The summed E-state index contributed by atoms with van der Waals surface area (Å²) in [6.45, 7) is -0.0751. The van der Waals surface area contributed by atoms with Crippen LogP contribution in [0.5, 0.6) is 0 Å². The van der Waals surface area contributed by atoms with Crippen LogP contribution in [0.4, 0.5) is 18.0 Å². The second-order valence-electron chi connectivity index (χ2n) is 5.66. The van der Waals surface area contributed by atoms with Crippen molar-refractivity contribution in [3.8, 4) is 6.07 Å². The molecular weight excluding hydrogens is 377 g/mol. The van der Waals surface area contributed by atoms with Gasteiger partial charge in [-0.05, 0) is 47.2 Å². The molecule has 0 radical (unpaired) electrons. The molecule has 2 amide bonds. The van der Waals surface area contributed by atoms with Crippen LogP contribution in [0.1, 0.15) is 22.3 Å². The lowest BCUT2D eigenvalue weighted by atomic mass is 10.1. The SMILES string of the molecule is N#Cc1ccccc1CN1C(=O)S/C(=C/c2cccc(C(F)(F)F)c2)C1=O. The molecule has 0 aromatic heterocycles. The van der Waals surface area contributed by atoms with Crippen LogP contribution >= 0.6 is 11.8 Å². The predicted molar refractivity (Wildman–Crippen MR) is 94.1 cm³/mol. The summed E-state index contributed by atoms with van der Waals surface area (Å²) in [5, 5.41) is 8.58. The monoisotopic (exact) mass is 388 g/mol. The van der Waals surface area contributed by atoms with E-state index in [2.05, 4.69) is 0 Å². The van der Waals surface area contributed by atoms with Gasteiger partial charge in [0.1, 0.15) is 0 Å². The maximum Gasteiger partial charge on any atom is 0.416 e. The van der Waals surface area contributed by atoms with Gasteiger partial charge in [-0.2, -0.15) is 18.4 Å². The summed E-state index contributed by atoms with van der Waals surface area (Å²) in [6, 6.07) is 13.1. The number of nitrogens with zero attached hydrogens (tertiary/aromatic N) is 2. The normalized spacial score (nSPS) is 16.1. The Morgan fingerprint density at radius 3 is 2.56 bits per heavy atom. The summed E-state index contributed by atoms with van der Waals surface area (Å²) in [4.78, 5) is 25.7. The number of nitriles is 1. The fourth-order valence-corrected chi connectivity index (χ4v) is 3.37. The molecule has 2 aromatic carbocycles. The molecule has 1 aliphatic rings. The number of carbonyl (C=O) groups excluding carboxylic acids is 2. The first-order valence-corrected chi connectivity index (χ1v) is 8.52. The van der Waals surface area contributed by atoms with E-state index in [1.54, 1.807) is 24.3 Å². The number of halogens is 3. The van der Waals surface area contributed by atoms with Crippen LogP contribution in [-0.2, 0) is 17.5 Å². The molecule has 1 saturated heterocycles. The Bertz CT molecular complexity index is 993. The Hall–Kier alpha value is -3.05. The summed E-state index contributed by atoms with van der Waals surface area (Å²) >= 11 is 0.657. The third-order valence-corrected chi connectivity index (χ3v) is 4.76. The minimum absolute atomic E-state index is 0.0359. The summed E-state index contributed by atoms with van der Waals surface area (Å²) in [5.41, 5.74) is 0.201. The Labute approximate surface area is 156 Å². The van der Waals surface area contributed by atoms with Gasteiger partial charge in [-0.1, -0.05) is 30.3 Å². The summed E-state index contributed by atoms with van der Waals surface area (Å²) < 4.78 is 38.4. The van der Waals surface area contributed by atoms with Gasteiger partial charge < -0.3 is 0 Å². The van der Waals surface area contributed by atoms with Crippen LogP contribution in [-0.4, -0.2) is 16.0 Å². The number of benzene rings is 2. The van der Waals surface area contributed by atoms with Gasteiger partial charge >= 0.3 is 6.18 Å². The average Bonchev–Trinajstić information content (AvgIpc) is 2.89. The van der Waals surface area contributed by atoms with E-state index in [0.717, 1.165) is 17.0 Å². The van der Waals surface area contributed by atoms with E-state index in [-0.39, 0.29) is 17.0 Å². The first-order chi connectivity index (χ1) is 12.8. The Balaban J connectivity index is 1.86. The summed E-state index contributed by atoms with van der Waals surface area (Å²) in [7, 11) is 0. The van der Waals surface area contributed by atoms with Crippen LogP contribution in [0.3, 0.4) is 0 Å². The first kappa shape index (κ1) is 18.7. The fourth-order valence-electron chi connectivity index (χ4n) is 2.53. The van der Waals surface area contributed by atoms with Crippen molar-refractivity contribution in [1.82, 2.24) is 4.90 Å². The maximum atomic E-state index is 12.8. The van der Waals surface area contributed by atoms with E-state index < -0.39 is 22.9 Å². The fraction of sp³-hybridized carbons (Fsp3) is 0.105. The van der Waals surface area contributed by atoms with E-state index in [9.17, 15) is 22.8 Å². The standard InChI is InChI=1S/C19H11F3N2O2S/c20-19(21,22)15-7-3-4-12(8-15)9-16-17(25)24(18(26)27-16)11-14-6-2-1-5-13(14)10-23/h1-9H,11H2/b16-9+. The third kappa shape index (κ3) is 4.04. The van der Waals surface area contributed by atoms with Gasteiger partial charge in [0.2, 0.25) is 0 Å². The van der Waals surface area contributed by atoms with Crippen molar-refractivity contribution in [3.63, 3.8) is 0 Å². The topological polar surface area (TPSA) is 61.2 Å². The highest BCUT2D eigenvalue weighted by Gasteiger charge is 2.35. The number of thioether (sulfide) groups is 1. The Morgan fingerprint density at radius 1 is 1.11 bits per heavy atom. The maximum absolute atomic E-state index is 12.8. The molecule has 0 bridgehead atoms. The van der Waals surface area contributed by atoms with Crippen molar-refractivity contribution in [2.45, 2.75) is 12.7 Å². The predicted octanol–water partition coefficient (Wildman–Crippen LogP) is 4.81. The van der Waals surface area contributed by atoms with Crippen LogP contribution in [0, 0.1) is 11.3 Å². The number of hydrogen-bond donors (Lipinski definition) is 0. The minimum atomic E-state index is -4.50. The van der Waals surface area contributed by atoms with Gasteiger partial charge in [0.25, 0.3) is 11.1 Å². The van der Waals surface area contributed by atoms with Crippen LogP contribution in [0.2, 0.25) is 0 Å². The molecule has 1 heterocycles. The summed E-state index contributed by atoms with van der Waals surface area (Å²) in [6.07, 6.45) is -3.24. The van der Waals surface area contributed by atoms with Crippen molar-refractivity contribution < 1.29 is 22.8 Å². The van der Waals surface area contributed by atoms with E-state index in [1.807, 2.05) is 6.07 Å². The van der Waals surface area contributed by atoms with E-state index in [0.29, 0.717) is 22.9 Å². The molecule has 0 saturated carbocycles. The first-order valence-electron chi connectivity index (χ1n) is 7.70. The molecule has 2 aromatic rings. The van der Waals surface area contributed by atoms with Crippen molar-refractivity contribution in [1.29, 1.82) is 5.26 Å². The zero-order valence-electron chi connectivity index (χ0n) is 13.7. The van der Waals surface area contributed by atoms with Gasteiger partial charge in [-0.3, -0.25) is 14.5 Å². The second-order valence-corrected chi connectivity index (χ2v) is 6.65. The number of alkyl halides is 3. The van der Waals surface area contributed by atoms with E-state index in [1.165, 1.54) is 18.2 Å². The van der Waals surface area contributed by atoms with Crippen LogP contribution < -0.4 is 0 Å². The van der Waals surface area contributed by atoms with Crippen molar-refractivity contribution >= 4 is 29.0 Å². The smallest absolute Gasteiger partial charge is 0.268 e. The molecule has 0 aliphatic carbocycles. The van der Waals surface area contributed by atoms with Gasteiger partial charge in [-0.15, -0.1) is 0 Å². The van der Waals surface area contributed by atoms with Crippen molar-refractivity contribution in [2.24, 2.45) is 0 Å². The van der Waals surface area contributed by atoms with Crippen molar-refractivity contribution in [3.05, 3.63) is 75.7 Å².